The molecule has 1 N–H and O–H groups in total. The zero-order valence-corrected chi connectivity index (χ0v) is 12.4. The second kappa shape index (κ2) is 5.17. The Kier molecular flexibility index (Phi) is 3.75. The lowest BCUT2D eigenvalue weighted by Crippen LogP contribution is -2.40. The largest absolute Gasteiger partial charge is 0.358 e. The van der Waals surface area contributed by atoms with Crippen LogP contribution in [0.15, 0.2) is 18.5 Å². The van der Waals surface area contributed by atoms with Crippen LogP contribution in [0, 0.1) is 6.92 Å². The Bertz CT molecular complexity index is 552. The van der Waals surface area contributed by atoms with Crippen molar-refractivity contribution in [3.8, 4) is 0 Å². The van der Waals surface area contributed by atoms with Crippen LogP contribution < -0.4 is 10.2 Å². The molecule has 0 bridgehead atoms. The first-order valence-electron chi connectivity index (χ1n) is 6.63. The standard InChI is InChI=1S/C14H23N5/c1-11-8-12-15-10-17-19(12)13(9-11)18(5)7-6-16-14(2,3)4/h8-10,16H,6-7H2,1-5H3. The van der Waals surface area contributed by atoms with Crippen molar-refractivity contribution in [2.24, 2.45) is 0 Å². The number of likely N-dealkylation sites (N-methyl/N-ethyl adjacent to an activating group) is 1. The first-order chi connectivity index (χ1) is 8.87. The zero-order valence-electron chi connectivity index (χ0n) is 12.4. The number of anilines is 1. The van der Waals surface area contributed by atoms with Gasteiger partial charge in [0.15, 0.2) is 5.65 Å². The maximum absolute atomic E-state index is 4.28. The summed E-state index contributed by atoms with van der Waals surface area (Å²) in [7, 11) is 2.08. The van der Waals surface area contributed by atoms with Crippen LogP contribution in [0.5, 0.6) is 0 Å². The van der Waals surface area contributed by atoms with Gasteiger partial charge in [-0.05, 0) is 45.4 Å². The highest BCUT2D eigenvalue weighted by atomic mass is 15.4. The summed E-state index contributed by atoms with van der Waals surface area (Å²) in [5.74, 6) is 1.07. The van der Waals surface area contributed by atoms with Crippen molar-refractivity contribution in [2.45, 2.75) is 33.2 Å². The van der Waals surface area contributed by atoms with Crippen molar-refractivity contribution in [1.82, 2.24) is 19.9 Å². The third-order valence-corrected chi connectivity index (χ3v) is 3.00. The van der Waals surface area contributed by atoms with Crippen LogP contribution in [-0.4, -0.2) is 40.3 Å². The van der Waals surface area contributed by atoms with Crippen LogP contribution in [0.4, 0.5) is 5.82 Å². The van der Waals surface area contributed by atoms with Crippen molar-refractivity contribution < 1.29 is 0 Å². The lowest BCUT2D eigenvalue weighted by atomic mass is 10.1. The maximum Gasteiger partial charge on any atom is 0.157 e. The van der Waals surface area contributed by atoms with Crippen LogP contribution in [-0.2, 0) is 0 Å². The lowest BCUT2D eigenvalue weighted by Gasteiger charge is -2.25. The molecule has 0 saturated heterocycles. The van der Waals surface area contributed by atoms with Crippen molar-refractivity contribution in [1.29, 1.82) is 0 Å². The molecular weight excluding hydrogens is 238 g/mol. The molecule has 0 aromatic carbocycles. The maximum atomic E-state index is 4.28. The van der Waals surface area contributed by atoms with E-state index in [1.54, 1.807) is 6.33 Å². The highest BCUT2D eigenvalue weighted by Crippen LogP contribution is 2.16. The summed E-state index contributed by atoms with van der Waals surface area (Å²) in [6, 6.07) is 4.18. The van der Waals surface area contributed by atoms with Gasteiger partial charge in [0, 0.05) is 25.7 Å². The van der Waals surface area contributed by atoms with Gasteiger partial charge in [0.1, 0.15) is 12.1 Å². The van der Waals surface area contributed by atoms with Crippen molar-refractivity contribution in [2.75, 3.05) is 25.0 Å². The summed E-state index contributed by atoms with van der Waals surface area (Å²) < 4.78 is 1.88. The summed E-state index contributed by atoms with van der Waals surface area (Å²) in [5.41, 5.74) is 2.24. The van der Waals surface area contributed by atoms with Gasteiger partial charge in [-0.15, -0.1) is 0 Å². The van der Waals surface area contributed by atoms with E-state index in [0.717, 1.165) is 24.6 Å². The summed E-state index contributed by atoms with van der Waals surface area (Å²) in [4.78, 5) is 6.45. The van der Waals surface area contributed by atoms with Crippen LogP contribution in [0.3, 0.4) is 0 Å². The summed E-state index contributed by atoms with van der Waals surface area (Å²) in [6.07, 6.45) is 1.60. The number of nitrogens with one attached hydrogen (secondary N) is 1. The van der Waals surface area contributed by atoms with E-state index in [-0.39, 0.29) is 5.54 Å². The van der Waals surface area contributed by atoms with Gasteiger partial charge >= 0.3 is 0 Å². The van der Waals surface area contributed by atoms with Gasteiger partial charge < -0.3 is 10.2 Å². The van der Waals surface area contributed by atoms with E-state index < -0.39 is 0 Å². The normalized spacial score (nSPS) is 12.1. The molecule has 104 valence electrons. The van der Waals surface area contributed by atoms with E-state index in [1.807, 2.05) is 10.6 Å². The molecule has 0 aliphatic heterocycles. The first kappa shape index (κ1) is 13.8. The van der Waals surface area contributed by atoms with Crippen LogP contribution >= 0.6 is 0 Å². The van der Waals surface area contributed by atoms with E-state index in [1.165, 1.54) is 5.56 Å². The molecule has 0 unspecified atom stereocenters. The number of hydrogen-bond acceptors (Lipinski definition) is 4. The lowest BCUT2D eigenvalue weighted by molar-refractivity contribution is 0.430. The highest BCUT2D eigenvalue weighted by Gasteiger charge is 2.11. The fourth-order valence-electron chi connectivity index (χ4n) is 2.02. The number of nitrogens with zero attached hydrogens (tertiary/aromatic N) is 4. The predicted molar refractivity (Wildman–Crippen MR) is 78.7 cm³/mol. The molecule has 5 nitrogen and oxygen atoms in total. The monoisotopic (exact) mass is 261 g/mol. The van der Waals surface area contributed by atoms with E-state index in [0.29, 0.717) is 0 Å². The van der Waals surface area contributed by atoms with E-state index in [2.05, 4.69) is 61.1 Å². The molecule has 2 aromatic rings. The van der Waals surface area contributed by atoms with E-state index in [4.69, 9.17) is 0 Å². The molecule has 0 atom stereocenters. The Morgan fingerprint density at radius 2 is 2.05 bits per heavy atom. The Hall–Kier alpha value is -1.62. The molecule has 0 aliphatic carbocycles. The molecule has 19 heavy (non-hydrogen) atoms. The Labute approximate surface area is 114 Å². The number of fused-ring (bicyclic) bond motifs is 1. The van der Waals surface area contributed by atoms with Crippen LogP contribution in [0.2, 0.25) is 0 Å². The first-order valence-corrected chi connectivity index (χ1v) is 6.63. The SMILES string of the molecule is Cc1cc(N(C)CCNC(C)(C)C)n2ncnc2c1. The van der Waals surface area contributed by atoms with Gasteiger partial charge in [-0.25, -0.2) is 4.98 Å². The van der Waals surface area contributed by atoms with Crippen LogP contribution in [0.25, 0.3) is 5.65 Å². The second-order valence-electron chi connectivity index (χ2n) is 6.02. The van der Waals surface area contributed by atoms with Gasteiger partial charge in [-0.1, -0.05) is 0 Å². The number of aromatic nitrogens is 3. The molecular formula is C14H23N5. The number of pyridine rings is 1. The smallest absolute Gasteiger partial charge is 0.157 e. The Balaban J connectivity index is 2.12. The van der Waals surface area contributed by atoms with Crippen molar-refractivity contribution in [3.05, 3.63) is 24.0 Å². The summed E-state index contributed by atoms with van der Waals surface area (Å²) in [6.45, 7) is 10.5. The van der Waals surface area contributed by atoms with Gasteiger partial charge in [0.05, 0.1) is 0 Å². The summed E-state index contributed by atoms with van der Waals surface area (Å²) >= 11 is 0. The minimum atomic E-state index is 0.149. The van der Waals surface area contributed by atoms with Crippen molar-refractivity contribution >= 4 is 11.5 Å². The molecule has 0 spiro atoms. The third kappa shape index (κ3) is 3.44. The van der Waals surface area contributed by atoms with Gasteiger partial charge in [-0.3, -0.25) is 0 Å². The molecule has 0 aliphatic rings. The molecule has 5 heteroatoms. The quantitative estimate of drug-likeness (QED) is 0.912. The number of hydrogen-bond donors (Lipinski definition) is 1. The topological polar surface area (TPSA) is 45.5 Å². The van der Waals surface area contributed by atoms with Gasteiger partial charge in [0.25, 0.3) is 0 Å². The van der Waals surface area contributed by atoms with Crippen molar-refractivity contribution in [3.63, 3.8) is 0 Å². The van der Waals surface area contributed by atoms with Crippen LogP contribution in [0.1, 0.15) is 26.3 Å². The van der Waals surface area contributed by atoms with E-state index in [9.17, 15) is 0 Å². The fraction of sp³-hybridized carbons (Fsp3) is 0.571. The Morgan fingerprint density at radius 1 is 1.32 bits per heavy atom. The average Bonchev–Trinajstić information content (AvgIpc) is 2.73. The van der Waals surface area contributed by atoms with Gasteiger partial charge in [-0.2, -0.15) is 9.61 Å². The van der Waals surface area contributed by atoms with E-state index >= 15 is 0 Å². The molecule has 0 amide bonds. The average molecular weight is 261 g/mol. The van der Waals surface area contributed by atoms with Gasteiger partial charge in [0.2, 0.25) is 0 Å². The predicted octanol–water partition coefficient (Wildman–Crippen LogP) is 1.86. The molecule has 2 aromatic heterocycles. The Morgan fingerprint density at radius 3 is 2.74 bits per heavy atom. The highest BCUT2D eigenvalue weighted by molar-refractivity contribution is 5.52. The summed E-state index contributed by atoms with van der Waals surface area (Å²) in [5, 5.41) is 7.77. The number of rotatable bonds is 4. The minimum absolute atomic E-state index is 0.149. The molecule has 2 rings (SSSR count). The molecule has 0 saturated carbocycles. The molecule has 0 radical (unpaired) electrons. The number of aryl methyl sites for hydroxylation is 1. The molecule has 2 heterocycles. The third-order valence-electron chi connectivity index (χ3n) is 3.00. The zero-order chi connectivity index (χ0) is 14.0. The second-order valence-corrected chi connectivity index (χ2v) is 6.02. The minimum Gasteiger partial charge on any atom is -0.358 e. The fourth-order valence-corrected chi connectivity index (χ4v) is 2.02. The molecule has 0 fully saturated rings.